The Morgan fingerprint density at radius 2 is 2.00 bits per heavy atom. The van der Waals surface area contributed by atoms with Gasteiger partial charge in [0.05, 0.1) is 5.69 Å². The Morgan fingerprint density at radius 3 is 2.44 bits per heavy atom. The normalized spacial score (nSPS) is 10.8. The Hall–Kier alpha value is -1.35. The third-order valence-electron chi connectivity index (χ3n) is 2.83. The van der Waals surface area contributed by atoms with E-state index in [4.69, 9.17) is 11.6 Å². The van der Waals surface area contributed by atoms with Crippen molar-refractivity contribution >= 4 is 11.6 Å². The average Bonchev–Trinajstić information content (AvgIpc) is 2.57. The Kier molecular flexibility index (Phi) is 2.97. The van der Waals surface area contributed by atoms with E-state index >= 15 is 0 Å². The van der Waals surface area contributed by atoms with Crippen molar-refractivity contribution in [3.8, 4) is 5.82 Å². The highest BCUT2D eigenvalue weighted by molar-refractivity contribution is 6.17. The zero-order valence-corrected chi connectivity index (χ0v) is 10.4. The minimum atomic E-state index is 0.490. The molecule has 4 heteroatoms. The molecular formula is C12H14ClN3. The molecule has 2 aromatic heterocycles. The van der Waals surface area contributed by atoms with E-state index in [2.05, 4.69) is 17.0 Å². The lowest BCUT2D eigenvalue weighted by Gasteiger charge is -2.03. The van der Waals surface area contributed by atoms with E-state index in [9.17, 15) is 0 Å². The maximum atomic E-state index is 5.72. The molecule has 0 spiro atoms. The molecule has 0 bridgehead atoms. The van der Waals surface area contributed by atoms with Crippen LogP contribution in [0.1, 0.15) is 22.5 Å². The highest BCUT2D eigenvalue weighted by Gasteiger charge is 2.09. The van der Waals surface area contributed by atoms with Crippen LogP contribution >= 0.6 is 11.6 Å². The third kappa shape index (κ3) is 1.83. The lowest BCUT2D eigenvalue weighted by atomic mass is 10.2. The molecule has 2 aromatic rings. The molecule has 0 aromatic carbocycles. The molecule has 3 nitrogen and oxygen atoms in total. The molecule has 0 radical (unpaired) electrons. The second kappa shape index (κ2) is 4.26. The second-order valence-corrected chi connectivity index (χ2v) is 4.13. The lowest BCUT2D eigenvalue weighted by molar-refractivity contribution is 0.804. The second-order valence-electron chi connectivity index (χ2n) is 3.87. The van der Waals surface area contributed by atoms with Gasteiger partial charge < -0.3 is 0 Å². The van der Waals surface area contributed by atoms with Crippen LogP contribution in [0.4, 0.5) is 0 Å². The summed E-state index contributed by atoms with van der Waals surface area (Å²) in [4.78, 5) is 4.35. The van der Waals surface area contributed by atoms with E-state index in [0.29, 0.717) is 5.88 Å². The van der Waals surface area contributed by atoms with Crippen molar-refractivity contribution in [2.24, 2.45) is 0 Å². The van der Waals surface area contributed by atoms with Crippen molar-refractivity contribution in [2.45, 2.75) is 26.7 Å². The molecule has 2 heterocycles. The largest absolute Gasteiger partial charge is 0.237 e. The highest BCUT2D eigenvalue weighted by atomic mass is 35.5. The minimum absolute atomic E-state index is 0.490. The molecule has 2 rings (SSSR count). The van der Waals surface area contributed by atoms with Gasteiger partial charge in [0.15, 0.2) is 5.82 Å². The summed E-state index contributed by atoms with van der Waals surface area (Å²) in [7, 11) is 0. The SMILES string of the molecule is Cc1nn(-c2ccc(CCl)cn2)c(C)c1C. The van der Waals surface area contributed by atoms with Crippen LogP contribution in [0.15, 0.2) is 18.3 Å². The van der Waals surface area contributed by atoms with Gasteiger partial charge in [-0.05, 0) is 38.0 Å². The van der Waals surface area contributed by atoms with Crippen LogP contribution in [0, 0.1) is 20.8 Å². The van der Waals surface area contributed by atoms with Crippen LogP contribution in [0.2, 0.25) is 0 Å². The Morgan fingerprint density at radius 1 is 1.25 bits per heavy atom. The fraction of sp³-hybridized carbons (Fsp3) is 0.333. The summed E-state index contributed by atoms with van der Waals surface area (Å²) in [6.45, 7) is 6.12. The van der Waals surface area contributed by atoms with Gasteiger partial charge in [-0.15, -0.1) is 11.6 Å². The smallest absolute Gasteiger partial charge is 0.153 e. The van der Waals surface area contributed by atoms with Crippen molar-refractivity contribution < 1.29 is 0 Å². The quantitative estimate of drug-likeness (QED) is 0.750. The van der Waals surface area contributed by atoms with Crippen LogP contribution < -0.4 is 0 Å². The summed E-state index contributed by atoms with van der Waals surface area (Å²) in [5, 5.41) is 4.46. The van der Waals surface area contributed by atoms with Crippen LogP contribution in [0.5, 0.6) is 0 Å². The number of hydrogen-bond donors (Lipinski definition) is 0. The lowest BCUT2D eigenvalue weighted by Crippen LogP contribution is -2.02. The number of aryl methyl sites for hydroxylation is 1. The summed E-state index contributed by atoms with van der Waals surface area (Å²) < 4.78 is 1.86. The van der Waals surface area contributed by atoms with E-state index in [1.807, 2.05) is 30.7 Å². The van der Waals surface area contributed by atoms with Gasteiger partial charge in [-0.1, -0.05) is 6.07 Å². The number of pyridine rings is 1. The summed E-state index contributed by atoms with van der Waals surface area (Å²) in [5.41, 5.74) is 4.40. The van der Waals surface area contributed by atoms with Crippen molar-refractivity contribution in [3.63, 3.8) is 0 Å². The number of nitrogens with zero attached hydrogens (tertiary/aromatic N) is 3. The van der Waals surface area contributed by atoms with E-state index in [1.165, 1.54) is 5.56 Å². The molecule has 16 heavy (non-hydrogen) atoms. The van der Waals surface area contributed by atoms with Gasteiger partial charge in [0.2, 0.25) is 0 Å². The molecule has 0 amide bonds. The van der Waals surface area contributed by atoms with Gasteiger partial charge >= 0.3 is 0 Å². The summed E-state index contributed by atoms with van der Waals surface area (Å²) in [6.07, 6.45) is 1.79. The summed E-state index contributed by atoms with van der Waals surface area (Å²) >= 11 is 5.72. The molecule has 84 valence electrons. The first-order valence-electron chi connectivity index (χ1n) is 5.17. The van der Waals surface area contributed by atoms with Gasteiger partial charge in [-0.3, -0.25) is 0 Å². The topological polar surface area (TPSA) is 30.7 Å². The molecule has 0 atom stereocenters. The standard InChI is InChI=1S/C12H14ClN3/c1-8-9(2)15-16(10(8)3)12-5-4-11(6-13)7-14-12/h4-5,7H,6H2,1-3H3. The fourth-order valence-corrected chi connectivity index (χ4v) is 1.72. The Bertz CT molecular complexity index is 500. The van der Waals surface area contributed by atoms with E-state index in [1.54, 1.807) is 6.20 Å². The highest BCUT2D eigenvalue weighted by Crippen LogP contribution is 2.15. The van der Waals surface area contributed by atoms with E-state index in [0.717, 1.165) is 22.8 Å². The van der Waals surface area contributed by atoms with Gasteiger partial charge in [0, 0.05) is 17.8 Å². The van der Waals surface area contributed by atoms with Crippen molar-refractivity contribution in [1.29, 1.82) is 0 Å². The minimum Gasteiger partial charge on any atom is -0.237 e. The average molecular weight is 236 g/mol. The monoisotopic (exact) mass is 235 g/mol. The molecule has 0 aliphatic heterocycles. The van der Waals surface area contributed by atoms with Crippen molar-refractivity contribution in [3.05, 3.63) is 40.8 Å². The van der Waals surface area contributed by atoms with Gasteiger partial charge in [0.1, 0.15) is 0 Å². The van der Waals surface area contributed by atoms with E-state index < -0.39 is 0 Å². The van der Waals surface area contributed by atoms with Gasteiger partial charge in [-0.25, -0.2) is 9.67 Å². The maximum absolute atomic E-state index is 5.72. The molecule has 0 N–H and O–H groups in total. The molecule has 0 aliphatic carbocycles. The number of alkyl halides is 1. The van der Waals surface area contributed by atoms with E-state index in [-0.39, 0.29) is 0 Å². The molecule has 0 aliphatic rings. The predicted octanol–water partition coefficient (Wildman–Crippen LogP) is 2.93. The van der Waals surface area contributed by atoms with Gasteiger partial charge in [-0.2, -0.15) is 5.10 Å². The first-order chi connectivity index (χ1) is 7.63. The van der Waals surface area contributed by atoms with Crippen LogP contribution in [-0.4, -0.2) is 14.8 Å². The zero-order valence-electron chi connectivity index (χ0n) is 9.66. The third-order valence-corrected chi connectivity index (χ3v) is 3.14. The van der Waals surface area contributed by atoms with Gasteiger partial charge in [0.25, 0.3) is 0 Å². The molecule has 0 saturated carbocycles. The van der Waals surface area contributed by atoms with Crippen LogP contribution in [0.3, 0.4) is 0 Å². The first-order valence-corrected chi connectivity index (χ1v) is 5.71. The molecule has 0 saturated heterocycles. The maximum Gasteiger partial charge on any atom is 0.153 e. The number of hydrogen-bond acceptors (Lipinski definition) is 2. The van der Waals surface area contributed by atoms with Crippen LogP contribution in [-0.2, 0) is 5.88 Å². The van der Waals surface area contributed by atoms with Crippen molar-refractivity contribution in [2.75, 3.05) is 0 Å². The molecule has 0 fully saturated rings. The summed E-state index contributed by atoms with van der Waals surface area (Å²) in [6, 6.07) is 3.91. The molecular weight excluding hydrogens is 222 g/mol. The number of aromatic nitrogens is 3. The Labute approximate surface area is 100 Å². The number of halogens is 1. The predicted molar refractivity (Wildman–Crippen MR) is 65.1 cm³/mol. The molecule has 0 unspecified atom stereocenters. The van der Waals surface area contributed by atoms with Crippen LogP contribution in [0.25, 0.3) is 5.82 Å². The number of rotatable bonds is 2. The first kappa shape index (κ1) is 11.1. The Balaban J connectivity index is 2.46. The van der Waals surface area contributed by atoms with Crippen molar-refractivity contribution in [1.82, 2.24) is 14.8 Å². The fourth-order valence-electron chi connectivity index (χ4n) is 1.56. The zero-order chi connectivity index (χ0) is 11.7. The summed E-state index contributed by atoms with van der Waals surface area (Å²) in [5.74, 6) is 1.33.